The fourth-order valence-corrected chi connectivity index (χ4v) is 1.99. The van der Waals surface area contributed by atoms with Crippen molar-refractivity contribution in [3.05, 3.63) is 22.4 Å². The zero-order valence-electron chi connectivity index (χ0n) is 7.62. The van der Waals surface area contributed by atoms with Gasteiger partial charge in [0.15, 0.2) is 0 Å². The maximum Gasteiger partial charge on any atom is 0.0303 e. The topological polar surface area (TPSA) is 26.0 Å². The highest BCUT2D eigenvalue weighted by atomic mass is 32.1. The summed E-state index contributed by atoms with van der Waals surface area (Å²) in [5.74, 6) is 0. The zero-order valence-corrected chi connectivity index (χ0v) is 8.44. The summed E-state index contributed by atoms with van der Waals surface area (Å²) in [5.41, 5.74) is 7.29. The Morgan fingerprint density at radius 2 is 2.33 bits per heavy atom. The molecule has 0 aliphatic rings. The lowest BCUT2D eigenvalue weighted by Crippen LogP contribution is -2.08. The van der Waals surface area contributed by atoms with E-state index in [4.69, 9.17) is 5.73 Å². The van der Waals surface area contributed by atoms with E-state index in [-0.39, 0.29) is 6.04 Å². The van der Waals surface area contributed by atoms with E-state index < -0.39 is 0 Å². The number of unbranched alkanes of at least 4 members (excludes halogenated alkanes) is 2. The van der Waals surface area contributed by atoms with Crippen molar-refractivity contribution in [2.75, 3.05) is 0 Å². The first-order valence-corrected chi connectivity index (χ1v) is 5.56. The highest BCUT2D eigenvalue weighted by Gasteiger charge is 2.04. The number of thiophene rings is 1. The van der Waals surface area contributed by atoms with Gasteiger partial charge in [-0.1, -0.05) is 26.2 Å². The minimum atomic E-state index is 0.266. The molecular formula is C10H17NS. The Labute approximate surface area is 78.6 Å². The van der Waals surface area contributed by atoms with Gasteiger partial charge in [0.1, 0.15) is 0 Å². The van der Waals surface area contributed by atoms with Crippen LogP contribution in [-0.4, -0.2) is 0 Å². The van der Waals surface area contributed by atoms with Crippen LogP contribution < -0.4 is 5.73 Å². The quantitative estimate of drug-likeness (QED) is 0.696. The van der Waals surface area contributed by atoms with E-state index in [2.05, 4.69) is 23.8 Å². The Bertz CT molecular complexity index is 194. The lowest BCUT2D eigenvalue weighted by molar-refractivity contribution is 0.582. The Kier molecular flexibility index (Phi) is 4.33. The molecule has 0 aliphatic heterocycles. The maximum absolute atomic E-state index is 5.99. The minimum absolute atomic E-state index is 0.266. The van der Waals surface area contributed by atoms with Gasteiger partial charge in [0.05, 0.1) is 0 Å². The number of hydrogen-bond donors (Lipinski definition) is 1. The van der Waals surface area contributed by atoms with E-state index in [1.54, 1.807) is 11.3 Å². The van der Waals surface area contributed by atoms with E-state index in [1.807, 2.05) is 0 Å². The van der Waals surface area contributed by atoms with Crippen molar-refractivity contribution in [1.82, 2.24) is 0 Å². The molecule has 0 spiro atoms. The third-order valence-corrected chi connectivity index (χ3v) is 2.79. The summed E-state index contributed by atoms with van der Waals surface area (Å²) in [6.07, 6.45) is 4.96. The summed E-state index contributed by atoms with van der Waals surface area (Å²) in [4.78, 5) is 0. The zero-order chi connectivity index (χ0) is 8.81. The second kappa shape index (κ2) is 5.33. The van der Waals surface area contributed by atoms with Crippen LogP contribution in [-0.2, 0) is 0 Å². The number of rotatable bonds is 5. The van der Waals surface area contributed by atoms with E-state index in [0.29, 0.717) is 0 Å². The molecule has 12 heavy (non-hydrogen) atoms. The van der Waals surface area contributed by atoms with Crippen LogP contribution in [0.4, 0.5) is 0 Å². The Morgan fingerprint density at radius 3 is 2.92 bits per heavy atom. The first-order chi connectivity index (χ1) is 5.84. The van der Waals surface area contributed by atoms with Gasteiger partial charge in [-0.3, -0.25) is 0 Å². The van der Waals surface area contributed by atoms with Crippen molar-refractivity contribution in [2.45, 2.75) is 38.6 Å². The molecule has 2 N–H and O–H groups in total. The van der Waals surface area contributed by atoms with Crippen molar-refractivity contribution < 1.29 is 0 Å². The van der Waals surface area contributed by atoms with Crippen LogP contribution in [0, 0.1) is 0 Å². The first-order valence-electron chi connectivity index (χ1n) is 4.62. The van der Waals surface area contributed by atoms with Gasteiger partial charge < -0.3 is 5.73 Å². The average molecular weight is 183 g/mol. The van der Waals surface area contributed by atoms with Crippen LogP contribution in [0.2, 0.25) is 0 Å². The van der Waals surface area contributed by atoms with Crippen LogP contribution in [0.5, 0.6) is 0 Å². The second-order valence-electron chi connectivity index (χ2n) is 3.16. The number of hydrogen-bond acceptors (Lipinski definition) is 2. The van der Waals surface area contributed by atoms with E-state index in [1.165, 1.54) is 24.8 Å². The molecule has 0 saturated heterocycles. The SMILES string of the molecule is CCCCCC(N)c1ccsc1. The molecule has 1 heterocycles. The van der Waals surface area contributed by atoms with Crippen molar-refractivity contribution in [1.29, 1.82) is 0 Å². The van der Waals surface area contributed by atoms with Crippen LogP contribution in [0.3, 0.4) is 0 Å². The van der Waals surface area contributed by atoms with E-state index in [0.717, 1.165) is 6.42 Å². The van der Waals surface area contributed by atoms with E-state index >= 15 is 0 Å². The molecule has 0 bridgehead atoms. The molecule has 1 nitrogen and oxygen atoms in total. The molecule has 0 aliphatic carbocycles. The van der Waals surface area contributed by atoms with Crippen LogP contribution in [0.25, 0.3) is 0 Å². The summed E-state index contributed by atoms with van der Waals surface area (Å²) in [6.45, 7) is 2.22. The largest absolute Gasteiger partial charge is 0.324 e. The molecule has 2 heteroatoms. The average Bonchev–Trinajstić information content (AvgIpc) is 2.56. The molecule has 0 aromatic carbocycles. The van der Waals surface area contributed by atoms with Crippen molar-refractivity contribution >= 4 is 11.3 Å². The second-order valence-corrected chi connectivity index (χ2v) is 3.94. The Hall–Kier alpha value is -0.340. The molecule has 1 aromatic heterocycles. The fourth-order valence-electron chi connectivity index (χ4n) is 1.27. The van der Waals surface area contributed by atoms with Crippen molar-refractivity contribution in [2.24, 2.45) is 5.73 Å². The third kappa shape index (κ3) is 2.95. The normalized spacial score (nSPS) is 13.2. The van der Waals surface area contributed by atoms with Gasteiger partial charge in [0.2, 0.25) is 0 Å². The smallest absolute Gasteiger partial charge is 0.0303 e. The van der Waals surface area contributed by atoms with E-state index in [9.17, 15) is 0 Å². The van der Waals surface area contributed by atoms with Crippen LogP contribution >= 0.6 is 11.3 Å². The molecule has 0 saturated carbocycles. The third-order valence-electron chi connectivity index (χ3n) is 2.09. The standard InChI is InChI=1S/C10H17NS/c1-2-3-4-5-10(11)9-6-7-12-8-9/h6-8,10H,2-5,11H2,1H3. The first kappa shape index (κ1) is 9.75. The molecule has 1 rings (SSSR count). The molecule has 0 fully saturated rings. The molecule has 1 aromatic rings. The number of nitrogens with two attached hydrogens (primary N) is 1. The molecule has 0 radical (unpaired) electrons. The van der Waals surface area contributed by atoms with Gasteiger partial charge in [-0.25, -0.2) is 0 Å². The minimum Gasteiger partial charge on any atom is -0.324 e. The van der Waals surface area contributed by atoms with Gasteiger partial charge in [-0.2, -0.15) is 11.3 Å². The highest BCUT2D eigenvalue weighted by molar-refractivity contribution is 7.07. The van der Waals surface area contributed by atoms with Crippen molar-refractivity contribution in [3.8, 4) is 0 Å². The van der Waals surface area contributed by atoms with Gasteiger partial charge in [-0.05, 0) is 28.8 Å². The van der Waals surface area contributed by atoms with Gasteiger partial charge >= 0.3 is 0 Å². The molecule has 0 amide bonds. The maximum atomic E-state index is 5.99. The van der Waals surface area contributed by atoms with Crippen LogP contribution in [0.1, 0.15) is 44.2 Å². The Morgan fingerprint density at radius 1 is 1.50 bits per heavy atom. The predicted molar refractivity (Wildman–Crippen MR) is 55.4 cm³/mol. The molecular weight excluding hydrogens is 166 g/mol. The molecule has 1 unspecified atom stereocenters. The molecule has 1 atom stereocenters. The fraction of sp³-hybridized carbons (Fsp3) is 0.600. The van der Waals surface area contributed by atoms with Gasteiger partial charge in [0.25, 0.3) is 0 Å². The van der Waals surface area contributed by atoms with Gasteiger partial charge in [0, 0.05) is 6.04 Å². The summed E-state index contributed by atoms with van der Waals surface area (Å²) >= 11 is 1.73. The van der Waals surface area contributed by atoms with Crippen LogP contribution in [0.15, 0.2) is 16.8 Å². The summed E-state index contributed by atoms with van der Waals surface area (Å²) < 4.78 is 0. The Balaban J connectivity index is 2.25. The summed E-state index contributed by atoms with van der Waals surface area (Å²) in [5, 5.41) is 4.24. The lowest BCUT2D eigenvalue weighted by atomic mass is 10.0. The predicted octanol–water partition coefficient (Wildman–Crippen LogP) is 3.33. The summed E-state index contributed by atoms with van der Waals surface area (Å²) in [7, 11) is 0. The highest BCUT2D eigenvalue weighted by Crippen LogP contribution is 2.19. The lowest BCUT2D eigenvalue weighted by Gasteiger charge is -2.08. The molecule has 68 valence electrons. The monoisotopic (exact) mass is 183 g/mol. The summed E-state index contributed by atoms with van der Waals surface area (Å²) in [6, 6.07) is 2.39. The van der Waals surface area contributed by atoms with Crippen molar-refractivity contribution in [3.63, 3.8) is 0 Å². The van der Waals surface area contributed by atoms with Gasteiger partial charge in [-0.15, -0.1) is 0 Å².